The van der Waals surface area contributed by atoms with Crippen molar-refractivity contribution in [1.82, 2.24) is 9.62 Å². The average molecular weight is 342 g/mol. The Morgan fingerprint density at radius 1 is 1.26 bits per heavy atom. The van der Waals surface area contributed by atoms with Gasteiger partial charge >= 0.3 is 5.97 Å². The van der Waals surface area contributed by atoms with Gasteiger partial charge in [-0.05, 0) is 12.1 Å². The van der Waals surface area contributed by atoms with Crippen LogP contribution in [0.2, 0.25) is 0 Å². The zero-order valence-electron chi connectivity index (χ0n) is 12.4. The molecule has 23 heavy (non-hydrogen) atoms. The van der Waals surface area contributed by atoms with Gasteiger partial charge < -0.3 is 19.9 Å². The predicted octanol–water partition coefficient (Wildman–Crippen LogP) is -0.105. The van der Waals surface area contributed by atoms with E-state index in [-0.39, 0.29) is 18.0 Å². The molecule has 1 aromatic rings. The van der Waals surface area contributed by atoms with E-state index in [4.69, 9.17) is 14.6 Å². The van der Waals surface area contributed by atoms with Gasteiger partial charge in [0, 0.05) is 32.1 Å². The molecule has 0 aliphatic carbocycles. The summed E-state index contributed by atoms with van der Waals surface area (Å²) in [5, 5.41) is 11.8. The first-order valence-corrected chi connectivity index (χ1v) is 8.78. The minimum Gasteiger partial charge on any atom is -0.490 e. The maximum absolute atomic E-state index is 12.7. The number of aliphatic carboxylic acids is 1. The van der Waals surface area contributed by atoms with Gasteiger partial charge in [0.1, 0.15) is 6.04 Å². The Morgan fingerprint density at radius 2 is 2.00 bits per heavy atom. The van der Waals surface area contributed by atoms with Gasteiger partial charge in [0.25, 0.3) is 0 Å². The standard InChI is InChI=1S/C14H18N2O6S/c17-14(18)11-9-16(5-4-15-11)23(19,20)10-2-3-12-13(8-10)22-7-1-6-21-12/h2-3,8,11,15H,1,4-7,9H2,(H,17,18)/t11-/m1/s1. The van der Waals surface area contributed by atoms with Gasteiger partial charge in [-0.25, -0.2) is 8.42 Å². The summed E-state index contributed by atoms with van der Waals surface area (Å²) in [6.07, 6.45) is 0.731. The molecule has 0 spiro atoms. The Kier molecular flexibility index (Phi) is 4.42. The number of carboxylic acid groups (broad SMARTS) is 1. The summed E-state index contributed by atoms with van der Waals surface area (Å²) in [5.74, 6) is -0.151. The first-order chi connectivity index (χ1) is 11.0. The van der Waals surface area contributed by atoms with Crippen LogP contribution in [0.1, 0.15) is 6.42 Å². The SMILES string of the molecule is O=C(O)[C@H]1CN(S(=O)(=O)c2ccc3c(c2)OCCCO3)CCN1. The number of nitrogens with zero attached hydrogens (tertiary/aromatic N) is 1. The van der Waals surface area contributed by atoms with Crippen molar-refractivity contribution < 1.29 is 27.8 Å². The first kappa shape index (κ1) is 16.0. The van der Waals surface area contributed by atoms with E-state index in [0.717, 1.165) is 6.42 Å². The Balaban J connectivity index is 1.87. The van der Waals surface area contributed by atoms with Crippen LogP contribution in [0.15, 0.2) is 23.1 Å². The molecule has 0 radical (unpaired) electrons. The summed E-state index contributed by atoms with van der Waals surface area (Å²) in [6, 6.07) is 3.57. The van der Waals surface area contributed by atoms with Crippen LogP contribution in [0.25, 0.3) is 0 Å². The van der Waals surface area contributed by atoms with Gasteiger partial charge in [0.2, 0.25) is 10.0 Å². The van der Waals surface area contributed by atoms with Gasteiger partial charge in [-0.15, -0.1) is 0 Å². The van der Waals surface area contributed by atoms with E-state index in [1.54, 1.807) is 6.07 Å². The number of sulfonamides is 1. The molecule has 2 heterocycles. The first-order valence-electron chi connectivity index (χ1n) is 7.34. The highest BCUT2D eigenvalue weighted by Crippen LogP contribution is 2.33. The van der Waals surface area contributed by atoms with Gasteiger partial charge in [-0.2, -0.15) is 4.31 Å². The minimum absolute atomic E-state index is 0.0767. The summed E-state index contributed by atoms with van der Waals surface area (Å²) < 4.78 is 37.7. The van der Waals surface area contributed by atoms with Crippen LogP contribution in [0.3, 0.4) is 0 Å². The quantitative estimate of drug-likeness (QED) is 0.790. The number of nitrogens with one attached hydrogen (secondary N) is 1. The zero-order chi connectivity index (χ0) is 16.4. The summed E-state index contributed by atoms with van der Waals surface area (Å²) in [7, 11) is -3.78. The van der Waals surface area contributed by atoms with Gasteiger partial charge in [-0.3, -0.25) is 4.79 Å². The topological polar surface area (TPSA) is 105 Å². The largest absolute Gasteiger partial charge is 0.490 e. The molecule has 9 heteroatoms. The van der Waals surface area contributed by atoms with Crippen LogP contribution in [-0.2, 0) is 14.8 Å². The Labute approximate surface area is 134 Å². The van der Waals surface area contributed by atoms with Crippen molar-refractivity contribution in [3.63, 3.8) is 0 Å². The van der Waals surface area contributed by atoms with Crippen molar-refractivity contribution in [2.45, 2.75) is 17.4 Å². The minimum atomic E-state index is -3.78. The molecule has 1 fully saturated rings. The van der Waals surface area contributed by atoms with Crippen molar-refractivity contribution in [2.24, 2.45) is 0 Å². The van der Waals surface area contributed by atoms with E-state index < -0.39 is 22.0 Å². The highest BCUT2D eigenvalue weighted by Gasteiger charge is 2.33. The number of hydrogen-bond donors (Lipinski definition) is 2. The van der Waals surface area contributed by atoms with Crippen molar-refractivity contribution in [1.29, 1.82) is 0 Å². The molecule has 0 unspecified atom stereocenters. The monoisotopic (exact) mass is 342 g/mol. The lowest BCUT2D eigenvalue weighted by Crippen LogP contribution is -2.55. The Morgan fingerprint density at radius 3 is 2.74 bits per heavy atom. The molecule has 2 aliphatic heterocycles. The molecule has 0 amide bonds. The van der Waals surface area contributed by atoms with Crippen molar-refractivity contribution in [3.8, 4) is 11.5 Å². The van der Waals surface area contributed by atoms with E-state index in [2.05, 4.69) is 5.32 Å². The molecule has 1 aromatic carbocycles. The highest BCUT2D eigenvalue weighted by atomic mass is 32.2. The smallest absolute Gasteiger partial charge is 0.322 e. The fourth-order valence-corrected chi connectivity index (χ4v) is 4.03. The second-order valence-electron chi connectivity index (χ2n) is 5.37. The highest BCUT2D eigenvalue weighted by molar-refractivity contribution is 7.89. The number of piperazine rings is 1. The van der Waals surface area contributed by atoms with Gasteiger partial charge in [0.05, 0.1) is 18.1 Å². The summed E-state index contributed by atoms with van der Waals surface area (Å²) in [6.45, 7) is 1.40. The molecule has 8 nitrogen and oxygen atoms in total. The fraction of sp³-hybridized carbons (Fsp3) is 0.500. The van der Waals surface area contributed by atoms with E-state index in [9.17, 15) is 13.2 Å². The van der Waals surface area contributed by atoms with Gasteiger partial charge in [-0.1, -0.05) is 0 Å². The molecule has 126 valence electrons. The third kappa shape index (κ3) is 3.26. The zero-order valence-corrected chi connectivity index (χ0v) is 13.2. The van der Waals surface area contributed by atoms with E-state index in [0.29, 0.717) is 31.3 Å². The van der Waals surface area contributed by atoms with Gasteiger partial charge in [0.15, 0.2) is 11.5 Å². The lowest BCUT2D eigenvalue weighted by molar-refractivity contribution is -0.140. The second kappa shape index (κ2) is 6.34. The van der Waals surface area contributed by atoms with Crippen LogP contribution < -0.4 is 14.8 Å². The number of ether oxygens (including phenoxy) is 2. The number of benzene rings is 1. The van der Waals surface area contributed by atoms with Crippen molar-refractivity contribution in [2.75, 3.05) is 32.8 Å². The van der Waals surface area contributed by atoms with E-state index >= 15 is 0 Å². The summed E-state index contributed by atoms with van der Waals surface area (Å²) >= 11 is 0. The molecular weight excluding hydrogens is 324 g/mol. The maximum atomic E-state index is 12.7. The van der Waals surface area contributed by atoms with E-state index in [1.807, 2.05) is 0 Å². The number of hydrogen-bond acceptors (Lipinski definition) is 6. The molecule has 3 rings (SSSR count). The Bertz CT molecular complexity index is 705. The van der Waals surface area contributed by atoms with Crippen molar-refractivity contribution >= 4 is 16.0 Å². The predicted molar refractivity (Wildman–Crippen MR) is 80.2 cm³/mol. The molecule has 0 aromatic heterocycles. The number of fused-ring (bicyclic) bond motifs is 1. The lowest BCUT2D eigenvalue weighted by Gasteiger charge is -2.30. The second-order valence-corrected chi connectivity index (χ2v) is 7.30. The van der Waals surface area contributed by atoms with Crippen LogP contribution in [0, 0.1) is 0 Å². The lowest BCUT2D eigenvalue weighted by atomic mass is 10.2. The summed E-state index contributed by atoms with van der Waals surface area (Å²) in [5.41, 5.74) is 0. The Hall–Kier alpha value is -1.84. The van der Waals surface area contributed by atoms with Crippen LogP contribution >= 0.6 is 0 Å². The third-order valence-corrected chi connectivity index (χ3v) is 5.65. The average Bonchev–Trinajstić information content (AvgIpc) is 2.79. The van der Waals surface area contributed by atoms with E-state index in [1.165, 1.54) is 16.4 Å². The molecule has 0 bridgehead atoms. The third-order valence-electron chi connectivity index (χ3n) is 3.79. The van der Waals surface area contributed by atoms with Crippen molar-refractivity contribution in [3.05, 3.63) is 18.2 Å². The normalized spacial score (nSPS) is 22.3. The summed E-state index contributed by atoms with van der Waals surface area (Å²) in [4.78, 5) is 11.1. The van der Waals surface area contributed by atoms with Crippen LogP contribution in [0.4, 0.5) is 0 Å². The molecule has 1 atom stereocenters. The molecule has 2 N–H and O–H groups in total. The maximum Gasteiger partial charge on any atom is 0.322 e. The molecule has 0 saturated carbocycles. The number of carboxylic acids is 1. The molecule has 2 aliphatic rings. The number of rotatable bonds is 3. The van der Waals surface area contributed by atoms with Crippen LogP contribution in [0.5, 0.6) is 11.5 Å². The fourth-order valence-electron chi connectivity index (χ4n) is 2.56. The molecular formula is C14H18N2O6S. The van der Waals surface area contributed by atoms with Crippen LogP contribution in [-0.4, -0.2) is 62.7 Å². The molecule has 1 saturated heterocycles. The number of carbonyl (C=O) groups is 1.